The Balaban J connectivity index is 3.95. The third-order valence-corrected chi connectivity index (χ3v) is 2.31. The van der Waals surface area contributed by atoms with Crippen LogP contribution in [0.3, 0.4) is 0 Å². The Kier molecular flexibility index (Phi) is 7.28. The monoisotopic (exact) mass is 219 g/mol. The summed E-state index contributed by atoms with van der Waals surface area (Å²) in [5, 5.41) is 11.3. The van der Waals surface area contributed by atoms with E-state index < -0.39 is 12.0 Å². The molecule has 1 amide bonds. The molecule has 0 saturated heterocycles. The molecule has 14 heavy (non-hydrogen) atoms. The van der Waals surface area contributed by atoms with Crippen LogP contribution in [0, 0.1) is 0 Å². The van der Waals surface area contributed by atoms with E-state index in [0.717, 1.165) is 12.8 Å². The van der Waals surface area contributed by atoms with Gasteiger partial charge in [0, 0.05) is 0 Å². The summed E-state index contributed by atoms with van der Waals surface area (Å²) in [4.78, 5) is 21.8. The first-order valence-electron chi connectivity index (χ1n) is 4.63. The predicted molar refractivity (Wildman–Crippen MR) is 57.5 cm³/mol. The van der Waals surface area contributed by atoms with Crippen LogP contribution in [0.4, 0.5) is 0 Å². The minimum atomic E-state index is -0.951. The molecule has 0 bridgehead atoms. The maximum Gasteiger partial charge on any atom is 0.326 e. The first kappa shape index (κ1) is 13.3. The SMILES string of the molecule is CCCC[C@H](NC(=O)CSC)C(=O)O. The van der Waals surface area contributed by atoms with Crippen LogP contribution in [0.15, 0.2) is 0 Å². The summed E-state index contributed by atoms with van der Waals surface area (Å²) in [7, 11) is 0. The second-order valence-electron chi connectivity index (χ2n) is 3.03. The lowest BCUT2D eigenvalue weighted by Gasteiger charge is -2.13. The van der Waals surface area contributed by atoms with Gasteiger partial charge >= 0.3 is 5.97 Å². The van der Waals surface area contributed by atoms with Crippen LogP contribution in [0.25, 0.3) is 0 Å². The molecule has 0 saturated carbocycles. The van der Waals surface area contributed by atoms with Crippen molar-refractivity contribution in [3.8, 4) is 0 Å². The van der Waals surface area contributed by atoms with E-state index in [1.807, 2.05) is 6.92 Å². The highest BCUT2D eigenvalue weighted by Gasteiger charge is 2.18. The van der Waals surface area contributed by atoms with Crippen molar-refractivity contribution in [3.63, 3.8) is 0 Å². The Morgan fingerprint density at radius 2 is 2.14 bits per heavy atom. The number of thioether (sulfide) groups is 1. The van der Waals surface area contributed by atoms with Gasteiger partial charge in [0.25, 0.3) is 0 Å². The largest absolute Gasteiger partial charge is 0.480 e. The zero-order chi connectivity index (χ0) is 11.0. The molecule has 2 N–H and O–H groups in total. The molecule has 0 aliphatic carbocycles. The number of hydrogen-bond acceptors (Lipinski definition) is 3. The molecule has 0 aliphatic heterocycles. The van der Waals surface area contributed by atoms with Crippen molar-refractivity contribution in [3.05, 3.63) is 0 Å². The molecule has 0 fully saturated rings. The van der Waals surface area contributed by atoms with Crippen LogP contribution in [-0.2, 0) is 9.59 Å². The summed E-state index contributed by atoms with van der Waals surface area (Å²) in [6, 6.07) is -0.727. The molecule has 0 rings (SSSR count). The number of carboxylic acids is 1. The van der Waals surface area contributed by atoms with E-state index in [-0.39, 0.29) is 5.91 Å². The fourth-order valence-electron chi connectivity index (χ4n) is 1.03. The van der Waals surface area contributed by atoms with Crippen molar-refractivity contribution in [1.82, 2.24) is 5.32 Å². The fraction of sp³-hybridized carbons (Fsp3) is 0.778. The van der Waals surface area contributed by atoms with E-state index in [0.29, 0.717) is 12.2 Å². The van der Waals surface area contributed by atoms with Crippen LogP contribution >= 0.6 is 11.8 Å². The summed E-state index contributed by atoms with van der Waals surface area (Å²) >= 11 is 1.38. The molecular weight excluding hydrogens is 202 g/mol. The molecule has 4 nitrogen and oxygen atoms in total. The second kappa shape index (κ2) is 7.67. The van der Waals surface area contributed by atoms with Gasteiger partial charge in [0.15, 0.2) is 0 Å². The molecule has 0 aliphatic rings. The van der Waals surface area contributed by atoms with Crippen LogP contribution in [0.2, 0.25) is 0 Å². The van der Waals surface area contributed by atoms with Crippen molar-refractivity contribution in [2.24, 2.45) is 0 Å². The molecule has 0 spiro atoms. The Morgan fingerprint density at radius 1 is 1.50 bits per heavy atom. The third kappa shape index (κ3) is 5.85. The Hall–Kier alpha value is -0.710. The molecule has 0 aromatic rings. The highest BCUT2D eigenvalue weighted by Crippen LogP contribution is 2.01. The van der Waals surface area contributed by atoms with E-state index in [4.69, 9.17) is 5.11 Å². The highest BCUT2D eigenvalue weighted by atomic mass is 32.2. The van der Waals surface area contributed by atoms with E-state index in [1.165, 1.54) is 11.8 Å². The quantitative estimate of drug-likeness (QED) is 0.673. The van der Waals surface area contributed by atoms with Gasteiger partial charge in [-0.25, -0.2) is 4.79 Å². The maximum absolute atomic E-state index is 11.1. The predicted octanol–water partition coefficient (Wildman–Crippen LogP) is 1.11. The van der Waals surface area contributed by atoms with E-state index in [1.54, 1.807) is 6.26 Å². The number of carboxylic acid groups (broad SMARTS) is 1. The van der Waals surface area contributed by atoms with E-state index >= 15 is 0 Å². The number of carbonyl (C=O) groups is 2. The standard InChI is InChI=1S/C9H17NO3S/c1-3-4-5-7(9(12)13)10-8(11)6-14-2/h7H,3-6H2,1-2H3,(H,10,11)(H,12,13)/t7-/m0/s1. The number of nitrogens with one attached hydrogen (secondary N) is 1. The lowest BCUT2D eigenvalue weighted by Crippen LogP contribution is -2.41. The van der Waals surface area contributed by atoms with Gasteiger partial charge in [-0.05, 0) is 12.7 Å². The molecule has 0 aromatic carbocycles. The molecule has 82 valence electrons. The smallest absolute Gasteiger partial charge is 0.326 e. The first-order chi connectivity index (χ1) is 6.61. The van der Waals surface area contributed by atoms with Crippen molar-refractivity contribution < 1.29 is 14.7 Å². The van der Waals surface area contributed by atoms with Crippen LogP contribution < -0.4 is 5.32 Å². The molecule has 1 atom stereocenters. The van der Waals surface area contributed by atoms with Gasteiger partial charge in [0.05, 0.1) is 5.75 Å². The second-order valence-corrected chi connectivity index (χ2v) is 3.90. The summed E-state index contributed by atoms with van der Waals surface area (Å²) in [6.07, 6.45) is 4.06. The van der Waals surface area contributed by atoms with Gasteiger partial charge in [0.1, 0.15) is 6.04 Å². The Morgan fingerprint density at radius 3 is 2.57 bits per heavy atom. The van der Waals surface area contributed by atoms with Gasteiger partial charge in [-0.15, -0.1) is 0 Å². The fourth-order valence-corrected chi connectivity index (χ4v) is 1.38. The normalized spacial score (nSPS) is 12.1. The molecule has 0 heterocycles. The van der Waals surface area contributed by atoms with Crippen molar-refractivity contribution >= 4 is 23.6 Å². The highest BCUT2D eigenvalue weighted by molar-refractivity contribution is 7.99. The summed E-state index contributed by atoms with van der Waals surface area (Å²) in [6.45, 7) is 1.99. The zero-order valence-corrected chi connectivity index (χ0v) is 9.39. The lowest BCUT2D eigenvalue weighted by atomic mass is 10.1. The van der Waals surface area contributed by atoms with Gasteiger partial charge in [-0.1, -0.05) is 19.8 Å². The van der Waals surface area contributed by atoms with Gasteiger partial charge in [0.2, 0.25) is 5.91 Å². The van der Waals surface area contributed by atoms with Crippen molar-refractivity contribution in [2.45, 2.75) is 32.2 Å². The molecule has 0 aromatic heterocycles. The zero-order valence-electron chi connectivity index (χ0n) is 8.58. The molecule has 0 unspecified atom stereocenters. The molecule has 0 radical (unpaired) electrons. The number of hydrogen-bond donors (Lipinski definition) is 2. The number of amides is 1. The summed E-state index contributed by atoms with van der Waals surface area (Å²) in [5.74, 6) is -0.843. The molecule has 5 heteroatoms. The summed E-state index contributed by atoms with van der Waals surface area (Å²) < 4.78 is 0. The Bertz CT molecular complexity index is 196. The number of carbonyl (C=O) groups excluding carboxylic acids is 1. The average Bonchev–Trinajstić information content (AvgIpc) is 2.12. The Labute approximate surface area is 88.4 Å². The average molecular weight is 219 g/mol. The lowest BCUT2D eigenvalue weighted by molar-refractivity contribution is -0.141. The first-order valence-corrected chi connectivity index (χ1v) is 6.02. The van der Waals surface area contributed by atoms with Gasteiger partial charge in [-0.3, -0.25) is 4.79 Å². The van der Waals surface area contributed by atoms with Crippen molar-refractivity contribution in [2.75, 3.05) is 12.0 Å². The third-order valence-electron chi connectivity index (χ3n) is 1.76. The van der Waals surface area contributed by atoms with Crippen LogP contribution in [-0.4, -0.2) is 35.0 Å². The number of rotatable bonds is 7. The van der Waals surface area contributed by atoms with Crippen LogP contribution in [0.1, 0.15) is 26.2 Å². The number of unbranched alkanes of at least 4 members (excludes halogenated alkanes) is 1. The number of aliphatic carboxylic acids is 1. The van der Waals surface area contributed by atoms with Gasteiger partial charge < -0.3 is 10.4 Å². The van der Waals surface area contributed by atoms with Crippen molar-refractivity contribution in [1.29, 1.82) is 0 Å². The van der Waals surface area contributed by atoms with E-state index in [2.05, 4.69) is 5.32 Å². The minimum Gasteiger partial charge on any atom is -0.480 e. The molecular formula is C9H17NO3S. The van der Waals surface area contributed by atoms with Crippen LogP contribution in [0.5, 0.6) is 0 Å². The van der Waals surface area contributed by atoms with Gasteiger partial charge in [-0.2, -0.15) is 11.8 Å². The minimum absolute atomic E-state index is 0.207. The topological polar surface area (TPSA) is 66.4 Å². The summed E-state index contributed by atoms with van der Waals surface area (Å²) in [5.41, 5.74) is 0. The maximum atomic E-state index is 11.1. The van der Waals surface area contributed by atoms with E-state index in [9.17, 15) is 9.59 Å².